The van der Waals surface area contributed by atoms with Gasteiger partial charge >= 0.3 is 0 Å². The standard InChI is InChI=1S/C31H26FN3O3/c1-18-15-26-30(34-19(18)2)28(13-14-33-26)38-24-11-5-21(6-12-24)16-27(36)29-20(3)35(4)17-25(31(29)37)22-7-9-23(32)10-8-22/h5-15,17H,16H2,1-4H3. The lowest BCUT2D eigenvalue weighted by atomic mass is 9.97. The Balaban J connectivity index is 1.39. The Hall–Kier alpha value is -4.65. The molecule has 0 saturated carbocycles. The molecule has 190 valence electrons. The maximum Gasteiger partial charge on any atom is 0.200 e. The first-order valence-electron chi connectivity index (χ1n) is 12.2. The zero-order valence-corrected chi connectivity index (χ0v) is 21.6. The van der Waals surface area contributed by atoms with Crippen molar-refractivity contribution in [3.63, 3.8) is 0 Å². The maximum atomic E-state index is 13.4. The summed E-state index contributed by atoms with van der Waals surface area (Å²) in [6.45, 7) is 5.69. The van der Waals surface area contributed by atoms with Crippen LogP contribution in [0.1, 0.15) is 32.9 Å². The molecule has 0 spiro atoms. The number of fused-ring (bicyclic) bond motifs is 1. The first-order valence-corrected chi connectivity index (χ1v) is 12.2. The number of hydrogen-bond acceptors (Lipinski definition) is 5. The van der Waals surface area contributed by atoms with E-state index in [4.69, 9.17) is 4.74 Å². The molecule has 0 fully saturated rings. The van der Waals surface area contributed by atoms with Gasteiger partial charge in [-0.1, -0.05) is 24.3 Å². The van der Waals surface area contributed by atoms with E-state index in [1.165, 1.54) is 12.1 Å². The van der Waals surface area contributed by atoms with Crippen LogP contribution >= 0.6 is 0 Å². The number of ether oxygens (including phenoxy) is 1. The van der Waals surface area contributed by atoms with Crippen LogP contribution in [0.15, 0.2) is 77.9 Å². The van der Waals surface area contributed by atoms with E-state index >= 15 is 0 Å². The lowest BCUT2D eigenvalue weighted by Crippen LogP contribution is -2.23. The highest BCUT2D eigenvalue weighted by Gasteiger charge is 2.20. The van der Waals surface area contributed by atoms with E-state index in [2.05, 4.69) is 9.97 Å². The van der Waals surface area contributed by atoms with Gasteiger partial charge < -0.3 is 9.30 Å². The van der Waals surface area contributed by atoms with Crippen LogP contribution in [0.4, 0.5) is 4.39 Å². The molecule has 0 saturated heterocycles. The van der Waals surface area contributed by atoms with E-state index in [-0.39, 0.29) is 29.0 Å². The molecule has 7 heteroatoms. The number of pyridine rings is 3. The number of nitrogens with zero attached hydrogens (tertiary/aromatic N) is 3. The molecule has 0 unspecified atom stereocenters. The van der Waals surface area contributed by atoms with Crippen molar-refractivity contribution in [2.24, 2.45) is 7.05 Å². The summed E-state index contributed by atoms with van der Waals surface area (Å²) in [7, 11) is 1.78. The van der Waals surface area contributed by atoms with Gasteiger partial charge in [0.15, 0.2) is 17.0 Å². The SMILES string of the molecule is Cc1cc2nccc(Oc3ccc(CC(=O)c4c(C)n(C)cc(-c5ccc(F)cc5)c4=O)cc3)c2nc1C. The average Bonchev–Trinajstić information content (AvgIpc) is 2.89. The van der Waals surface area contributed by atoms with Gasteiger partial charge in [0.05, 0.1) is 11.1 Å². The van der Waals surface area contributed by atoms with Gasteiger partial charge in [0.25, 0.3) is 0 Å². The number of ketones is 1. The normalized spacial score (nSPS) is 11.1. The summed E-state index contributed by atoms with van der Waals surface area (Å²) in [5, 5.41) is 0. The molecule has 0 aliphatic heterocycles. The second-order valence-electron chi connectivity index (χ2n) is 9.36. The largest absolute Gasteiger partial charge is 0.455 e. The highest BCUT2D eigenvalue weighted by Crippen LogP contribution is 2.29. The second-order valence-corrected chi connectivity index (χ2v) is 9.36. The summed E-state index contributed by atoms with van der Waals surface area (Å²) in [5.41, 5.74) is 5.43. The molecule has 0 aliphatic rings. The molecule has 0 atom stereocenters. The first kappa shape index (κ1) is 25.0. The lowest BCUT2D eigenvalue weighted by Gasteiger charge is -2.13. The topological polar surface area (TPSA) is 74.1 Å². The number of carbonyl (C=O) groups is 1. The second kappa shape index (κ2) is 10.0. The maximum absolute atomic E-state index is 13.4. The number of halogens is 1. The zero-order valence-electron chi connectivity index (χ0n) is 21.6. The number of rotatable bonds is 6. The van der Waals surface area contributed by atoms with Gasteiger partial charge in [0.2, 0.25) is 0 Å². The van der Waals surface area contributed by atoms with Crippen LogP contribution in [0.25, 0.3) is 22.2 Å². The summed E-state index contributed by atoms with van der Waals surface area (Å²) in [6, 6.07) is 16.6. The van der Waals surface area contributed by atoms with E-state index in [1.54, 1.807) is 61.3 Å². The number of Topliss-reactive ketones (excluding diaryl/α,β-unsaturated/α-hetero) is 1. The van der Waals surface area contributed by atoms with Crippen LogP contribution in [-0.2, 0) is 13.5 Å². The molecule has 6 nitrogen and oxygen atoms in total. The Kier molecular flexibility index (Phi) is 6.59. The average molecular weight is 508 g/mol. The Bertz CT molecular complexity index is 1740. The molecule has 2 aromatic carbocycles. The minimum atomic E-state index is -0.389. The van der Waals surface area contributed by atoms with Crippen molar-refractivity contribution >= 4 is 16.8 Å². The highest BCUT2D eigenvalue weighted by molar-refractivity contribution is 5.99. The molecule has 0 N–H and O–H groups in total. The van der Waals surface area contributed by atoms with E-state index in [0.717, 1.165) is 22.3 Å². The zero-order chi connectivity index (χ0) is 27.0. The number of aromatic nitrogens is 3. The molecular weight excluding hydrogens is 481 g/mol. The van der Waals surface area contributed by atoms with E-state index in [0.29, 0.717) is 33.8 Å². The van der Waals surface area contributed by atoms with Crippen molar-refractivity contribution in [1.29, 1.82) is 0 Å². The molecule has 0 aliphatic carbocycles. The van der Waals surface area contributed by atoms with Crippen molar-refractivity contribution in [3.8, 4) is 22.6 Å². The van der Waals surface area contributed by atoms with Crippen molar-refractivity contribution in [2.75, 3.05) is 0 Å². The molecule has 3 aromatic heterocycles. The highest BCUT2D eigenvalue weighted by atomic mass is 19.1. The summed E-state index contributed by atoms with van der Waals surface area (Å²) in [5.74, 6) is 0.522. The number of carbonyl (C=O) groups excluding carboxylic acids is 1. The lowest BCUT2D eigenvalue weighted by molar-refractivity contribution is 0.0990. The summed E-state index contributed by atoms with van der Waals surface area (Å²) in [6.07, 6.45) is 3.42. The third kappa shape index (κ3) is 4.83. The van der Waals surface area contributed by atoms with Gasteiger partial charge in [-0.05, 0) is 67.8 Å². The number of aryl methyl sites for hydroxylation is 3. The van der Waals surface area contributed by atoms with Crippen LogP contribution in [0, 0.1) is 26.6 Å². The molecule has 5 aromatic rings. The van der Waals surface area contributed by atoms with Gasteiger partial charge in [0, 0.05) is 48.9 Å². The third-order valence-electron chi connectivity index (χ3n) is 6.75. The van der Waals surface area contributed by atoms with Crippen molar-refractivity contribution in [1.82, 2.24) is 14.5 Å². The van der Waals surface area contributed by atoms with E-state index < -0.39 is 0 Å². The Morgan fingerprint density at radius 3 is 2.42 bits per heavy atom. The number of benzene rings is 2. The van der Waals surface area contributed by atoms with Gasteiger partial charge in [-0.2, -0.15) is 0 Å². The first-order chi connectivity index (χ1) is 18.2. The Morgan fingerprint density at radius 1 is 1.00 bits per heavy atom. The number of hydrogen-bond donors (Lipinski definition) is 0. The smallest absolute Gasteiger partial charge is 0.200 e. The van der Waals surface area contributed by atoms with E-state index in [1.807, 2.05) is 32.0 Å². The third-order valence-corrected chi connectivity index (χ3v) is 6.75. The monoisotopic (exact) mass is 507 g/mol. The van der Waals surface area contributed by atoms with E-state index in [9.17, 15) is 14.0 Å². The van der Waals surface area contributed by atoms with Crippen LogP contribution < -0.4 is 10.2 Å². The van der Waals surface area contributed by atoms with Gasteiger partial charge in [-0.25, -0.2) is 9.37 Å². The minimum absolute atomic E-state index is 0.0570. The van der Waals surface area contributed by atoms with Gasteiger partial charge in [-0.3, -0.25) is 14.6 Å². The molecule has 5 rings (SSSR count). The van der Waals surface area contributed by atoms with Crippen LogP contribution in [0.5, 0.6) is 11.5 Å². The predicted molar refractivity (Wildman–Crippen MR) is 145 cm³/mol. The fraction of sp³-hybridized carbons (Fsp3) is 0.161. The summed E-state index contributed by atoms with van der Waals surface area (Å²) < 4.78 is 21.2. The molecule has 3 heterocycles. The Labute approximate surface area is 219 Å². The van der Waals surface area contributed by atoms with Crippen molar-refractivity contribution < 1.29 is 13.9 Å². The molecule has 0 radical (unpaired) electrons. The van der Waals surface area contributed by atoms with Crippen molar-refractivity contribution in [3.05, 3.63) is 117 Å². The summed E-state index contributed by atoms with van der Waals surface area (Å²) in [4.78, 5) is 35.6. The van der Waals surface area contributed by atoms with Crippen LogP contribution in [0.3, 0.4) is 0 Å². The molecule has 38 heavy (non-hydrogen) atoms. The Morgan fingerprint density at radius 2 is 1.71 bits per heavy atom. The quantitative estimate of drug-likeness (QED) is 0.253. The molecular formula is C31H26FN3O3. The predicted octanol–water partition coefficient (Wildman–Crippen LogP) is 6.28. The minimum Gasteiger partial charge on any atom is -0.455 e. The van der Waals surface area contributed by atoms with Crippen LogP contribution in [-0.4, -0.2) is 20.3 Å². The fourth-order valence-electron chi connectivity index (χ4n) is 4.38. The van der Waals surface area contributed by atoms with Gasteiger partial charge in [0.1, 0.15) is 17.1 Å². The van der Waals surface area contributed by atoms with Crippen LogP contribution in [0.2, 0.25) is 0 Å². The summed E-state index contributed by atoms with van der Waals surface area (Å²) >= 11 is 0. The fourth-order valence-corrected chi connectivity index (χ4v) is 4.38. The van der Waals surface area contributed by atoms with Gasteiger partial charge in [-0.15, -0.1) is 0 Å². The molecule has 0 bridgehead atoms. The molecule has 0 amide bonds. The van der Waals surface area contributed by atoms with Crippen molar-refractivity contribution in [2.45, 2.75) is 27.2 Å².